The van der Waals surface area contributed by atoms with Crippen LogP contribution in [0.3, 0.4) is 0 Å². The number of aromatic amines is 1. The third-order valence-electron chi connectivity index (χ3n) is 4.93. The lowest BCUT2D eigenvalue weighted by Crippen LogP contribution is -2.50. The summed E-state index contributed by atoms with van der Waals surface area (Å²) in [6.45, 7) is 10.6. The van der Waals surface area contributed by atoms with Crippen molar-refractivity contribution >= 4 is 11.8 Å². The van der Waals surface area contributed by atoms with Crippen LogP contribution in [0, 0.1) is 13.8 Å². The Morgan fingerprint density at radius 2 is 1.64 bits per heavy atom. The van der Waals surface area contributed by atoms with E-state index in [1.165, 1.54) is 0 Å². The Labute approximate surface area is 148 Å². The Morgan fingerprint density at radius 3 is 2.12 bits per heavy atom. The molecule has 2 aromatic heterocycles. The van der Waals surface area contributed by atoms with Crippen molar-refractivity contribution in [2.45, 2.75) is 33.7 Å². The van der Waals surface area contributed by atoms with Gasteiger partial charge in [-0.2, -0.15) is 0 Å². The summed E-state index contributed by atoms with van der Waals surface area (Å²) in [5, 5.41) is 0. The number of nitrogens with one attached hydrogen (secondary N) is 1. The second kappa shape index (κ2) is 6.78. The van der Waals surface area contributed by atoms with Crippen LogP contribution in [0.5, 0.6) is 0 Å². The van der Waals surface area contributed by atoms with Gasteiger partial charge in [0.1, 0.15) is 0 Å². The number of hydrogen-bond acceptors (Lipinski definition) is 2. The molecule has 0 radical (unpaired) electrons. The van der Waals surface area contributed by atoms with Crippen LogP contribution in [0.25, 0.3) is 0 Å². The summed E-state index contributed by atoms with van der Waals surface area (Å²) in [5.41, 5.74) is 3.57. The van der Waals surface area contributed by atoms with Gasteiger partial charge in [-0.1, -0.05) is 0 Å². The normalized spacial score (nSPS) is 15.1. The number of aryl methyl sites for hydroxylation is 1. The summed E-state index contributed by atoms with van der Waals surface area (Å²) < 4.78 is 2.19. The monoisotopic (exact) mass is 342 g/mol. The molecular formula is C19H26N4O2. The lowest BCUT2D eigenvalue weighted by atomic mass is 10.2. The first-order chi connectivity index (χ1) is 11.9. The Balaban J connectivity index is 1.68. The largest absolute Gasteiger partial charge is 0.367 e. The molecule has 6 nitrogen and oxygen atoms in total. The second-order valence-electron chi connectivity index (χ2n) is 6.93. The Bertz CT molecular complexity index is 766. The molecule has 0 spiro atoms. The minimum absolute atomic E-state index is 0.0198. The zero-order valence-electron chi connectivity index (χ0n) is 15.4. The number of rotatable bonds is 3. The number of carbonyl (C=O) groups excluding carboxylic acids is 2. The zero-order chi connectivity index (χ0) is 18.1. The van der Waals surface area contributed by atoms with Gasteiger partial charge >= 0.3 is 0 Å². The van der Waals surface area contributed by atoms with E-state index in [2.05, 4.69) is 23.4 Å². The molecule has 1 N–H and O–H groups in total. The standard InChI is InChI=1S/C19H26N4O2/c1-13(2)23-14(3)11-17(15(23)4)19(25)22-9-7-21(8-10-22)18(24)16-5-6-20-12-16/h5-6,11-13,20H,7-10H2,1-4H3. The third-order valence-corrected chi connectivity index (χ3v) is 4.93. The van der Waals surface area contributed by atoms with Crippen molar-refractivity contribution in [2.24, 2.45) is 0 Å². The van der Waals surface area contributed by atoms with Gasteiger partial charge in [0.2, 0.25) is 0 Å². The average Bonchev–Trinajstić information content (AvgIpc) is 3.22. The van der Waals surface area contributed by atoms with Crippen molar-refractivity contribution in [2.75, 3.05) is 26.2 Å². The predicted molar refractivity (Wildman–Crippen MR) is 96.9 cm³/mol. The fourth-order valence-electron chi connectivity index (χ4n) is 3.71. The van der Waals surface area contributed by atoms with E-state index in [0.29, 0.717) is 37.8 Å². The van der Waals surface area contributed by atoms with Gasteiger partial charge in [0.25, 0.3) is 11.8 Å². The maximum Gasteiger partial charge on any atom is 0.255 e. The first-order valence-corrected chi connectivity index (χ1v) is 8.80. The summed E-state index contributed by atoms with van der Waals surface area (Å²) in [4.78, 5) is 31.9. The van der Waals surface area contributed by atoms with Gasteiger partial charge in [0, 0.05) is 56.0 Å². The predicted octanol–water partition coefficient (Wildman–Crippen LogP) is 2.61. The van der Waals surface area contributed by atoms with Crippen molar-refractivity contribution in [1.82, 2.24) is 19.4 Å². The highest BCUT2D eigenvalue weighted by Crippen LogP contribution is 2.22. The first kappa shape index (κ1) is 17.3. The molecule has 0 unspecified atom stereocenters. The van der Waals surface area contributed by atoms with Crippen molar-refractivity contribution < 1.29 is 9.59 Å². The van der Waals surface area contributed by atoms with Gasteiger partial charge in [-0.25, -0.2) is 0 Å². The lowest BCUT2D eigenvalue weighted by Gasteiger charge is -2.34. The van der Waals surface area contributed by atoms with E-state index < -0.39 is 0 Å². The number of H-pyrrole nitrogens is 1. The molecule has 25 heavy (non-hydrogen) atoms. The first-order valence-electron chi connectivity index (χ1n) is 8.80. The molecule has 3 rings (SSSR count). The molecule has 0 aromatic carbocycles. The van der Waals surface area contributed by atoms with Gasteiger partial charge in [0.15, 0.2) is 0 Å². The molecule has 1 saturated heterocycles. The van der Waals surface area contributed by atoms with E-state index in [4.69, 9.17) is 0 Å². The van der Waals surface area contributed by atoms with E-state index in [1.807, 2.05) is 29.7 Å². The minimum atomic E-state index is 0.0198. The lowest BCUT2D eigenvalue weighted by molar-refractivity contribution is 0.0535. The van der Waals surface area contributed by atoms with Crippen molar-refractivity contribution in [3.8, 4) is 0 Å². The van der Waals surface area contributed by atoms with Crippen LogP contribution in [0.4, 0.5) is 0 Å². The Kier molecular flexibility index (Phi) is 4.70. The summed E-state index contributed by atoms with van der Waals surface area (Å²) >= 11 is 0. The highest BCUT2D eigenvalue weighted by molar-refractivity contribution is 5.96. The zero-order valence-corrected chi connectivity index (χ0v) is 15.4. The van der Waals surface area contributed by atoms with Gasteiger partial charge < -0.3 is 19.4 Å². The number of carbonyl (C=O) groups is 2. The van der Waals surface area contributed by atoms with E-state index in [-0.39, 0.29) is 11.8 Å². The SMILES string of the molecule is Cc1cc(C(=O)N2CCN(C(=O)c3cc[nH]c3)CC2)c(C)n1C(C)C. The molecule has 0 bridgehead atoms. The van der Waals surface area contributed by atoms with E-state index >= 15 is 0 Å². The quantitative estimate of drug-likeness (QED) is 0.932. The number of hydrogen-bond donors (Lipinski definition) is 1. The van der Waals surface area contributed by atoms with Gasteiger partial charge in [-0.05, 0) is 39.8 Å². The van der Waals surface area contributed by atoms with Crippen LogP contribution < -0.4 is 0 Å². The molecule has 2 amide bonds. The van der Waals surface area contributed by atoms with Crippen LogP contribution in [-0.2, 0) is 0 Å². The van der Waals surface area contributed by atoms with Crippen molar-refractivity contribution in [3.05, 3.63) is 47.0 Å². The summed E-state index contributed by atoms with van der Waals surface area (Å²) in [5.74, 6) is 0.0834. The molecule has 134 valence electrons. The maximum atomic E-state index is 12.9. The van der Waals surface area contributed by atoms with Crippen molar-refractivity contribution in [3.63, 3.8) is 0 Å². The molecule has 1 aliphatic rings. The number of piperazine rings is 1. The molecule has 0 aliphatic carbocycles. The van der Waals surface area contributed by atoms with Crippen LogP contribution in [-0.4, -0.2) is 57.3 Å². The summed E-state index contributed by atoms with van der Waals surface area (Å²) in [6, 6.07) is 4.09. The highest BCUT2D eigenvalue weighted by Gasteiger charge is 2.27. The summed E-state index contributed by atoms with van der Waals surface area (Å²) in [7, 11) is 0. The third kappa shape index (κ3) is 3.21. The number of amides is 2. The second-order valence-corrected chi connectivity index (χ2v) is 6.93. The van der Waals surface area contributed by atoms with E-state index in [1.54, 1.807) is 18.5 Å². The van der Waals surface area contributed by atoms with E-state index in [9.17, 15) is 9.59 Å². The Morgan fingerprint density at radius 1 is 1.04 bits per heavy atom. The molecule has 1 aliphatic heterocycles. The molecular weight excluding hydrogens is 316 g/mol. The molecule has 2 aromatic rings. The fourth-order valence-corrected chi connectivity index (χ4v) is 3.71. The molecule has 0 atom stereocenters. The fraction of sp³-hybridized carbons (Fsp3) is 0.474. The van der Waals surface area contributed by atoms with Crippen LogP contribution in [0.2, 0.25) is 0 Å². The van der Waals surface area contributed by atoms with Crippen LogP contribution >= 0.6 is 0 Å². The molecule has 3 heterocycles. The molecule has 0 saturated carbocycles. The topological polar surface area (TPSA) is 61.3 Å². The smallest absolute Gasteiger partial charge is 0.255 e. The molecule has 6 heteroatoms. The van der Waals surface area contributed by atoms with Crippen molar-refractivity contribution in [1.29, 1.82) is 0 Å². The van der Waals surface area contributed by atoms with Gasteiger partial charge in [0.05, 0.1) is 11.1 Å². The van der Waals surface area contributed by atoms with Gasteiger partial charge in [-0.3, -0.25) is 9.59 Å². The number of nitrogens with zero attached hydrogens (tertiary/aromatic N) is 3. The van der Waals surface area contributed by atoms with Gasteiger partial charge in [-0.15, -0.1) is 0 Å². The maximum absolute atomic E-state index is 12.9. The Hall–Kier alpha value is -2.50. The minimum Gasteiger partial charge on any atom is -0.367 e. The van der Waals surface area contributed by atoms with Crippen LogP contribution in [0.1, 0.15) is 52.0 Å². The highest BCUT2D eigenvalue weighted by atomic mass is 16.2. The molecule has 1 fully saturated rings. The van der Waals surface area contributed by atoms with Crippen LogP contribution in [0.15, 0.2) is 24.5 Å². The average molecular weight is 342 g/mol. The van der Waals surface area contributed by atoms with E-state index in [0.717, 1.165) is 17.0 Å². The number of aromatic nitrogens is 2. The summed E-state index contributed by atoms with van der Waals surface area (Å²) in [6.07, 6.45) is 3.46.